The Labute approximate surface area is 59.3 Å². The Hall–Kier alpha value is 0.134. The highest BCUT2D eigenvalue weighted by Gasteiger charge is 2.37. The minimum absolute atomic E-state index is 1.42. The smallest absolute Gasteiger partial charge is 0.174 e. The van der Waals surface area contributed by atoms with E-state index >= 15 is 0 Å². The van der Waals surface area contributed by atoms with E-state index in [1.165, 1.54) is 0 Å². The third kappa shape index (κ3) is 2.08. The maximum Gasteiger partial charge on any atom is 0.174 e. The van der Waals surface area contributed by atoms with Gasteiger partial charge in [0.25, 0.3) is 0 Å². The number of rotatable bonds is 2. The second-order valence-corrected chi connectivity index (χ2v) is 18.0. The molecule has 0 bridgehead atoms. The Balaban J connectivity index is 4.32. The van der Waals surface area contributed by atoms with Crippen molar-refractivity contribution in [1.29, 1.82) is 0 Å². The lowest BCUT2D eigenvalue weighted by molar-refractivity contribution is 0.573. The van der Waals surface area contributed by atoms with E-state index in [1.54, 1.807) is 0 Å². The Morgan fingerprint density at radius 1 is 1.22 bits per heavy atom. The van der Waals surface area contributed by atoms with Crippen LogP contribution in [0.4, 0.5) is 0 Å². The first kappa shape index (κ1) is 9.13. The summed E-state index contributed by atoms with van der Waals surface area (Å²) in [5.74, 6) is 0. The van der Waals surface area contributed by atoms with E-state index in [2.05, 4.69) is 19.7 Å². The average Bonchev–Trinajstić information content (AvgIpc) is 1.64. The molecule has 0 rings (SSSR count). The summed E-state index contributed by atoms with van der Waals surface area (Å²) in [6, 6.07) is 0. The van der Waals surface area contributed by atoms with Crippen LogP contribution in [0, 0.1) is 0 Å². The molecule has 0 saturated heterocycles. The lowest BCUT2D eigenvalue weighted by atomic mass is 11.3. The minimum atomic E-state index is -1.86. The Kier molecular flexibility index (Phi) is 2.44. The second kappa shape index (κ2) is 2.40. The number of hydrogen-bond donors (Lipinski definition) is 1. The molecule has 0 atom stereocenters. The predicted octanol–water partition coefficient (Wildman–Crippen LogP) is 1.70. The molecule has 9 heavy (non-hydrogen) atoms. The van der Waals surface area contributed by atoms with Crippen LogP contribution in [0.5, 0.6) is 0 Å². The monoisotopic (exact) mass is 160 g/mol. The van der Waals surface area contributed by atoms with Gasteiger partial charge in [-0.3, -0.25) is 0 Å². The number of hydrogen-bond acceptors (Lipinski definition) is 1. The van der Waals surface area contributed by atoms with Crippen molar-refractivity contribution >= 4 is 15.4 Å². The van der Waals surface area contributed by atoms with Gasteiger partial charge in [0.2, 0.25) is 0 Å². The van der Waals surface area contributed by atoms with Gasteiger partial charge in [-0.1, -0.05) is 13.1 Å². The molecule has 0 aliphatic heterocycles. The van der Waals surface area contributed by atoms with Crippen LogP contribution in [0.15, 0.2) is 12.3 Å². The fraction of sp³-hybridized carbons (Fsp3) is 0.667. The molecule has 1 N–H and O–H groups in total. The predicted molar refractivity (Wildman–Crippen MR) is 47.4 cm³/mol. The van der Waals surface area contributed by atoms with Gasteiger partial charge in [0.15, 0.2) is 7.83 Å². The highest BCUT2D eigenvalue weighted by molar-refractivity contribution is 7.39. The van der Waals surface area contributed by atoms with E-state index in [-0.39, 0.29) is 0 Å². The molecular formula is C6H16OSi2. The molecule has 0 fully saturated rings. The van der Waals surface area contributed by atoms with E-state index in [1.807, 2.05) is 18.8 Å². The zero-order valence-electron chi connectivity index (χ0n) is 6.73. The molecule has 0 saturated carbocycles. The van der Waals surface area contributed by atoms with E-state index in [0.717, 1.165) is 0 Å². The molecule has 0 aliphatic rings. The van der Waals surface area contributed by atoms with Crippen LogP contribution in [0.2, 0.25) is 26.2 Å². The van der Waals surface area contributed by atoms with Gasteiger partial charge in [-0.25, -0.2) is 0 Å². The molecule has 0 aromatic carbocycles. The third-order valence-corrected chi connectivity index (χ3v) is 16.3. The first-order chi connectivity index (χ1) is 3.81. The van der Waals surface area contributed by atoms with E-state index < -0.39 is 15.4 Å². The van der Waals surface area contributed by atoms with Gasteiger partial charge in [0.1, 0.15) is 0 Å². The molecule has 0 aromatic rings. The van der Waals surface area contributed by atoms with Gasteiger partial charge >= 0.3 is 0 Å². The lowest BCUT2D eigenvalue weighted by Crippen LogP contribution is -2.53. The maximum atomic E-state index is 9.67. The lowest BCUT2D eigenvalue weighted by Gasteiger charge is -2.29. The van der Waals surface area contributed by atoms with Crippen molar-refractivity contribution in [3.63, 3.8) is 0 Å². The van der Waals surface area contributed by atoms with Crippen LogP contribution in [0.3, 0.4) is 0 Å². The summed E-state index contributed by atoms with van der Waals surface area (Å²) in [6.07, 6.45) is 0. The summed E-state index contributed by atoms with van der Waals surface area (Å²) in [6.45, 7) is 12.0. The van der Waals surface area contributed by atoms with E-state index in [9.17, 15) is 4.80 Å². The minimum Gasteiger partial charge on any atom is -0.434 e. The van der Waals surface area contributed by atoms with Gasteiger partial charge < -0.3 is 4.80 Å². The van der Waals surface area contributed by atoms with Crippen molar-refractivity contribution in [3.05, 3.63) is 12.3 Å². The summed E-state index contributed by atoms with van der Waals surface area (Å²) in [5, 5.41) is 0. The van der Waals surface area contributed by atoms with Crippen molar-refractivity contribution in [1.82, 2.24) is 0 Å². The van der Waals surface area contributed by atoms with Crippen LogP contribution < -0.4 is 0 Å². The van der Waals surface area contributed by atoms with E-state index in [0.29, 0.717) is 0 Å². The summed E-state index contributed by atoms with van der Waals surface area (Å²) in [4.78, 5) is 9.67. The zero-order valence-corrected chi connectivity index (χ0v) is 8.73. The summed E-state index contributed by atoms with van der Waals surface area (Å²) < 4.78 is 0. The van der Waals surface area contributed by atoms with Crippen molar-refractivity contribution < 1.29 is 4.80 Å². The molecule has 0 aromatic heterocycles. The highest BCUT2D eigenvalue weighted by Crippen LogP contribution is 2.15. The first-order valence-electron chi connectivity index (χ1n) is 3.17. The Bertz CT molecular complexity index is 113. The zero-order chi connectivity index (χ0) is 7.71. The fourth-order valence-corrected chi connectivity index (χ4v) is 2.25. The molecule has 0 amide bonds. The summed E-state index contributed by atoms with van der Waals surface area (Å²) in [5.41, 5.74) is 1.97. The van der Waals surface area contributed by atoms with Crippen LogP contribution in [0.1, 0.15) is 0 Å². The van der Waals surface area contributed by atoms with Crippen molar-refractivity contribution in [2.45, 2.75) is 26.2 Å². The fourth-order valence-electron chi connectivity index (χ4n) is 0.250. The molecule has 54 valence electrons. The summed E-state index contributed by atoms with van der Waals surface area (Å²) >= 11 is 0. The van der Waals surface area contributed by atoms with Gasteiger partial charge in [-0.2, -0.15) is 0 Å². The van der Waals surface area contributed by atoms with Crippen LogP contribution in [-0.2, 0) is 0 Å². The van der Waals surface area contributed by atoms with Gasteiger partial charge in [0.05, 0.1) is 7.59 Å². The van der Waals surface area contributed by atoms with E-state index in [4.69, 9.17) is 0 Å². The van der Waals surface area contributed by atoms with Crippen molar-refractivity contribution in [3.8, 4) is 0 Å². The molecule has 0 aliphatic carbocycles. The van der Waals surface area contributed by atoms with Crippen molar-refractivity contribution in [2.75, 3.05) is 0 Å². The largest absolute Gasteiger partial charge is 0.434 e. The Morgan fingerprint density at radius 3 is 1.56 bits per heavy atom. The second-order valence-electron chi connectivity index (χ2n) is 3.48. The normalized spacial score (nSPS) is 13.4. The molecule has 0 heterocycles. The standard InChI is InChI=1S/C6H16OSi2/c1-6-8(2,3)9(4,5)7/h6-7H,1H2,2-5H3. The molecule has 3 heteroatoms. The molecule has 0 radical (unpaired) electrons. The first-order valence-corrected chi connectivity index (χ1v) is 10.2. The topological polar surface area (TPSA) is 20.2 Å². The molecule has 0 spiro atoms. The summed E-state index contributed by atoms with van der Waals surface area (Å²) in [7, 11) is -3.28. The molecule has 0 unspecified atom stereocenters. The maximum absolute atomic E-state index is 9.67. The average molecular weight is 160 g/mol. The highest BCUT2D eigenvalue weighted by atomic mass is 29.3. The van der Waals surface area contributed by atoms with Gasteiger partial charge in [0, 0.05) is 0 Å². The SMILES string of the molecule is C=C[Si](C)(C)[Si](C)(C)O. The molecule has 1 nitrogen and oxygen atoms in total. The van der Waals surface area contributed by atoms with Crippen LogP contribution in [0.25, 0.3) is 0 Å². The van der Waals surface area contributed by atoms with Crippen LogP contribution >= 0.6 is 0 Å². The molecular weight excluding hydrogens is 144 g/mol. The van der Waals surface area contributed by atoms with Gasteiger partial charge in [-0.05, 0) is 13.1 Å². The van der Waals surface area contributed by atoms with Crippen LogP contribution in [-0.4, -0.2) is 20.2 Å². The quantitative estimate of drug-likeness (QED) is 0.610. The third-order valence-electron chi connectivity index (χ3n) is 2.09. The van der Waals surface area contributed by atoms with Gasteiger partial charge in [-0.15, -0.1) is 12.3 Å². The Morgan fingerprint density at radius 2 is 1.56 bits per heavy atom. The van der Waals surface area contributed by atoms with Crippen molar-refractivity contribution in [2.24, 2.45) is 0 Å².